The highest BCUT2D eigenvalue weighted by atomic mass is 16.6. The van der Waals surface area contributed by atoms with E-state index in [4.69, 9.17) is 24.7 Å². The van der Waals surface area contributed by atoms with Crippen LogP contribution in [0.15, 0.2) is 11.6 Å². The Labute approximate surface area is 229 Å². The summed E-state index contributed by atoms with van der Waals surface area (Å²) < 4.78 is 26.2. The molecular weight excluding hydrogens is 484 g/mol. The molecule has 10 unspecified atom stereocenters. The van der Waals surface area contributed by atoms with Crippen molar-refractivity contribution >= 4 is 5.87 Å². The first kappa shape index (κ1) is 30.1. The fraction of sp³-hybridized carbons (Fsp3) is 0.933. The summed E-state index contributed by atoms with van der Waals surface area (Å²) in [5, 5.41) is 21.3. The van der Waals surface area contributed by atoms with E-state index in [-0.39, 0.29) is 43.1 Å². The van der Waals surface area contributed by atoms with E-state index in [1.165, 1.54) is 0 Å². The van der Waals surface area contributed by atoms with Gasteiger partial charge in [0.15, 0.2) is 0 Å². The Bertz CT molecular complexity index is 734. The van der Waals surface area contributed by atoms with Gasteiger partial charge in [-0.25, -0.2) is 4.99 Å². The molecule has 4 aliphatic rings. The van der Waals surface area contributed by atoms with E-state index >= 15 is 0 Å². The van der Waals surface area contributed by atoms with Crippen molar-refractivity contribution in [3.8, 4) is 0 Å². The third kappa shape index (κ3) is 8.84. The molecule has 8 nitrogen and oxygen atoms in total. The van der Waals surface area contributed by atoms with E-state index in [9.17, 15) is 10.2 Å². The Morgan fingerprint density at radius 3 is 1.74 bits per heavy atom. The van der Waals surface area contributed by atoms with Gasteiger partial charge in [0.1, 0.15) is 12.2 Å². The second kappa shape index (κ2) is 15.8. The number of ether oxygens (including phenoxy) is 4. The normalized spacial score (nSPS) is 38.2. The van der Waals surface area contributed by atoms with Crippen molar-refractivity contribution in [3.05, 3.63) is 6.58 Å². The van der Waals surface area contributed by atoms with Crippen LogP contribution in [-0.4, -0.2) is 90.2 Å². The third-order valence-electron chi connectivity index (χ3n) is 9.08. The van der Waals surface area contributed by atoms with Crippen molar-refractivity contribution < 1.29 is 29.2 Å². The van der Waals surface area contributed by atoms with Crippen LogP contribution in [0.3, 0.4) is 0 Å². The zero-order valence-corrected chi connectivity index (χ0v) is 23.3. The molecule has 218 valence electrons. The number of aliphatic imine (C=N–C) groups is 1. The van der Waals surface area contributed by atoms with Crippen molar-refractivity contribution in [2.24, 2.45) is 10.7 Å². The van der Waals surface area contributed by atoms with E-state index < -0.39 is 24.4 Å². The number of aliphatic hydroxyl groups is 2. The maximum atomic E-state index is 10.7. The van der Waals surface area contributed by atoms with E-state index in [1.54, 1.807) is 0 Å². The maximum Gasteiger partial charge on any atom is 0.110 e. The molecule has 0 amide bonds. The number of rotatable bonds is 12. The average molecular weight is 537 g/mol. The van der Waals surface area contributed by atoms with E-state index in [0.29, 0.717) is 6.61 Å². The van der Waals surface area contributed by atoms with E-state index in [1.807, 2.05) is 0 Å². The monoisotopic (exact) mass is 536 g/mol. The highest BCUT2D eigenvalue weighted by molar-refractivity contribution is 5.47. The highest BCUT2D eigenvalue weighted by Gasteiger charge is 2.37. The first-order valence-corrected chi connectivity index (χ1v) is 15.4. The zero-order chi connectivity index (χ0) is 26.7. The Morgan fingerprint density at radius 1 is 0.658 bits per heavy atom. The second-order valence-corrected chi connectivity index (χ2v) is 12.0. The largest absolute Gasteiger partial charge is 0.390 e. The van der Waals surface area contributed by atoms with Crippen LogP contribution in [0.2, 0.25) is 0 Å². The first-order chi connectivity index (χ1) is 18.5. The van der Waals surface area contributed by atoms with E-state index in [2.05, 4.69) is 17.4 Å². The molecule has 4 saturated carbocycles. The molecule has 0 aliphatic heterocycles. The topological polar surface area (TPSA) is 116 Å². The van der Waals surface area contributed by atoms with Crippen molar-refractivity contribution in [1.82, 2.24) is 0 Å². The Morgan fingerprint density at radius 2 is 1.13 bits per heavy atom. The van der Waals surface area contributed by atoms with Gasteiger partial charge in [0, 0.05) is 6.04 Å². The van der Waals surface area contributed by atoms with Gasteiger partial charge in [0.2, 0.25) is 0 Å². The Hall–Kier alpha value is -0.830. The van der Waals surface area contributed by atoms with Gasteiger partial charge < -0.3 is 34.9 Å². The van der Waals surface area contributed by atoms with Gasteiger partial charge in [-0.1, -0.05) is 51.4 Å². The molecule has 0 heterocycles. The number of nitrogens with zero attached hydrogens (tertiary/aromatic N) is 1. The smallest absolute Gasteiger partial charge is 0.110 e. The fourth-order valence-corrected chi connectivity index (χ4v) is 6.70. The highest BCUT2D eigenvalue weighted by Crippen LogP contribution is 2.30. The van der Waals surface area contributed by atoms with Crippen molar-refractivity contribution in [1.29, 1.82) is 0 Å². The van der Waals surface area contributed by atoms with Crippen LogP contribution in [-0.2, 0) is 18.9 Å². The molecule has 0 aromatic rings. The Balaban J connectivity index is 1.51. The summed E-state index contributed by atoms with van der Waals surface area (Å²) in [6.07, 6.45) is 13.3. The Kier molecular flexibility index (Phi) is 12.6. The molecule has 4 aliphatic carbocycles. The van der Waals surface area contributed by atoms with Crippen LogP contribution >= 0.6 is 0 Å². The third-order valence-corrected chi connectivity index (χ3v) is 9.08. The first-order valence-electron chi connectivity index (χ1n) is 15.4. The summed E-state index contributed by atoms with van der Waals surface area (Å²) in [6, 6.07) is 0.0491. The molecular formula is C30H52N2O6. The van der Waals surface area contributed by atoms with Crippen LogP contribution in [0.1, 0.15) is 103 Å². The molecule has 0 bridgehead atoms. The summed E-state index contributed by atoms with van der Waals surface area (Å²) in [4.78, 5) is 4.50. The molecule has 0 spiro atoms. The number of aliphatic hydroxyl groups excluding tert-OH is 2. The number of hydrogen-bond acceptors (Lipinski definition) is 8. The second-order valence-electron chi connectivity index (χ2n) is 12.0. The van der Waals surface area contributed by atoms with Crippen LogP contribution in [0.5, 0.6) is 0 Å². The summed E-state index contributed by atoms with van der Waals surface area (Å²) in [5.41, 5.74) is 6.41. The molecule has 0 aromatic carbocycles. The van der Waals surface area contributed by atoms with Gasteiger partial charge in [0.05, 0.1) is 55.9 Å². The maximum absolute atomic E-state index is 10.7. The van der Waals surface area contributed by atoms with Crippen molar-refractivity contribution in [2.45, 2.75) is 164 Å². The van der Waals surface area contributed by atoms with Gasteiger partial charge in [-0.2, -0.15) is 0 Å². The van der Waals surface area contributed by atoms with Gasteiger partial charge in [0.25, 0.3) is 0 Å². The van der Waals surface area contributed by atoms with Gasteiger partial charge in [-0.3, -0.25) is 0 Å². The molecule has 10 atom stereocenters. The lowest BCUT2D eigenvalue weighted by molar-refractivity contribution is -0.202. The molecule has 38 heavy (non-hydrogen) atoms. The van der Waals surface area contributed by atoms with Gasteiger partial charge in [-0.15, -0.1) is 0 Å². The van der Waals surface area contributed by atoms with Crippen LogP contribution in [0.4, 0.5) is 0 Å². The number of nitrogens with two attached hydrogens (primary N) is 1. The van der Waals surface area contributed by atoms with Crippen LogP contribution < -0.4 is 5.73 Å². The summed E-state index contributed by atoms with van der Waals surface area (Å²) in [5.74, 6) is 2.73. The molecule has 0 radical (unpaired) electrons. The van der Waals surface area contributed by atoms with Crippen LogP contribution in [0, 0.1) is 0 Å². The lowest BCUT2D eigenvalue weighted by Crippen LogP contribution is -2.50. The quantitative estimate of drug-likeness (QED) is 0.325. The molecule has 0 saturated heterocycles. The van der Waals surface area contributed by atoms with Crippen molar-refractivity contribution in [3.63, 3.8) is 0 Å². The summed E-state index contributed by atoms with van der Waals surface area (Å²) >= 11 is 0. The predicted octanol–water partition coefficient (Wildman–Crippen LogP) is 3.83. The van der Waals surface area contributed by atoms with Gasteiger partial charge >= 0.3 is 0 Å². The minimum absolute atomic E-state index is 0.00482. The molecule has 0 aromatic heterocycles. The van der Waals surface area contributed by atoms with E-state index in [0.717, 1.165) is 103 Å². The zero-order valence-electron chi connectivity index (χ0n) is 23.3. The minimum Gasteiger partial charge on any atom is -0.390 e. The molecule has 4 N–H and O–H groups in total. The lowest BCUT2D eigenvalue weighted by atomic mass is 9.92. The average Bonchev–Trinajstić information content (AvgIpc) is 2.93. The van der Waals surface area contributed by atoms with Gasteiger partial charge in [-0.05, 0) is 63.8 Å². The minimum atomic E-state index is -0.493. The fourth-order valence-electron chi connectivity index (χ4n) is 6.70. The summed E-state index contributed by atoms with van der Waals surface area (Å²) in [6.45, 7) is 4.34. The molecule has 4 rings (SSSR count). The number of hydrogen-bond donors (Lipinski definition) is 3. The lowest BCUT2D eigenvalue weighted by Gasteiger charge is -2.39. The standard InChI is InChI=1S/C30H52N2O6/c1-2-32-22-12-4-8-16-26(22)37-29(19-35-25-15-7-3-11-21(25)31)30(38-28-18-10-6-14-24(28)34)20-36-27-17-9-5-13-23(27)33/h21-30,33-34H,1,3-20,31H2. The van der Waals surface area contributed by atoms with Crippen LogP contribution in [0.25, 0.3) is 0 Å². The predicted molar refractivity (Wildman–Crippen MR) is 148 cm³/mol. The SMILES string of the molecule is C=C=NC1CCCCC1OC(COC1CCCCC1N)C(COC1CCCCC1O)OC1CCCCC1O. The van der Waals surface area contributed by atoms with Crippen molar-refractivity contribution in [2.75, 3.05) is 13.2 Å². The molecule has 4 fully saturated rings. The molecule has 8 heteroatoms. The summed E-state index contributed by atoms with van der Waals surface area (Å²) in [7, 11) is 0.